The topological polar surface area (TPSA) is 43.8 Å². The first-order chi connectivity index (χ1) is 12.0. The molecule has 1 N–H and O–H groups in total. The predicted octanol–water partition coefficient (Wildman–Crippen LogP) is 3.39. The van der Waals surface area contributed by atoms with Gasteiger partial charge < -0.3 is 10.0 Å². The Morgan fingerprint density at radius 2 is 1.68 bits per heavy atom. The maximum Gasteiger partial charge on any atom is 0.325 e. The van der Waals surface area contributed by atoms with Crippen LogP contribution in [0.1, 0.15) is 22.7 Å². The summed E-state index contributed by atoms with van der Waals surface area (Å²) in [5, 5.41) is 9.81. The van der Waals surface area contributed by atoms with Crippen molar-refractivity contribution >= 4 is 11.7 Å². The highest BCUT2D eigenvalue weighted by Gasteiger charge is 2.31. The van der Waals surface area contributed by atoms with E-state index in [4.69, 9.17) is 0 Å². The Morgan fingerprint density at radius 1 is 1.04 bits per heavy atom. The molecule has 2 aromatic carbocycles. The zero-order valence-electron chi connectivity index (χ0n) is 14.6. The summed E-state index contributed by atoms with van der Waals surface area (Å²) in [5.74, 6) is -1.06. The normalized spacial score (nSPS) is 16.7. The lowest BCUT2D eigenvalue weighted by Crippen LogP contribution is -2.49. The average Bonchev–Trinajstić information content (AvgIpc) is 2.60. The minimum Gasteiger partial charge on any atom is -0.480 e. The Kier molecular flexibility index (Phi) is 5.04. The number of aliphatic carboxylic acids is 1. The number of halogens is 1. The smallest absolute Gasteiger partial charge is 0.325 e. The zero-order chi connectivity index (χ0) is 18.0. The van der Waals surface area contributed by atoms with E-state index in [9.17, 15) is 14.3 Å². The minimum absolute atomic E-state index is 0.247. The van der Waals surface area contributed by atoms with Crippen LogP contribution in [-0.4, -0.2) is 42.2 Å². The average molecular weight is 342 g/mol. The third kappa shape index (κ3) is 3.66. The standard InChI is InChI=1S/C20H23FN2O2/c1-14-4-3-5-18(15(14)2)19(20(24)25)23-12-10-22(11-13-23)17-8-6-16(21)7-9-17/h3-9,19H,10-13H2,1-2H3,(H,24,25)/t19-/m0/s1. The van der Waals surface area contributed by atoms with Gasteiger partial charge in [-0.15, -0.1) is 0 Å². The molecule has 0 saturated carbocycles. The van der Waals surface area contributed by atoms with Gasteiger partial charge in [-0.3, -0.25) is 9.69 Å². The molecule has 3 rings (SSSR count). The Labute approximate surface area is 147 Å². The molecule has 1 aliphatic rings. The van der Waals surface area contributed by atoms with Gasteiger partial charge in [0, 0.05) is 31.9 Å². The van der Waals surface area contributed by atoms with E-state index >= 15 is 0 Å². The van der Waals surface area contributed by atoms with Crippen LogP contribution in [0.5, 0.6) is 0 Å². The van der Waals surface area contributed by atoms with Crippen molar-refractivity contribution in [3.63, 3.8) is 0 Å². The molecule has 0 amide bonds. The van der Waals surface area contributed by atoms with Crippen LogP contribution in [0.15, 0.2) is 42.5 Å². The summed E-state index contributed by atoms with van der Waals surface area (Å²) < 4.78 is 13.1. The van der Waals surface area contributed by atoms with Crippen molar-refractivity contribution in [2.24, 2.45) is 0 Å². The van der Waals surface area contributed by atoms with Crippen LogP contribution in [0, 0.1) is 19.7 Å². The van der Waals surface area contributed by atoms with Crippen LogP contribution < -0.4 is 4.90 Å². The van der Waals surface area contributed by atoms with Gasteiger partial charge in [-0.25, -0.2) is 4.39 Å². The lowest BCUT2D eigenvalue weighted by Gasteiger charge is -2.39. The molecule has 1 heterocycles. The molecule has 0 aliphatic carbocycles. The van der Waals surface area contributed by atoms with Crippen LogP contribution in [0.3, 0.4) is 0 Å². The third-order valence-corrected chi connectivity index (χ3v) is 5.05. The molecule has 1 atom stereocenters. The van der Waals surface area contributed by atoms with Gasteiger partial charge in [-0.1, -0.05) is 18.2 Å². The van der Waals surface area contributed by atoms with Crippen LogP contribution in [0.2, 0.25) is 0 Å². The number of hydrogen-bond acceptors (Lipinski definition) is 3. The Morgan fingerprint density at radius 3 is 2.28 bits per heavy atom. The summed E-state index contributed by atoms with van der Waals surface area (Å²) in [4.78, 5) is 16.1. The van der Waals surface area contributed by atoms with Crippen LogP contribution >= 0.6 is 0 Å². The number of anilines is 1. The number of carbonyl (C=O) groups is 1. The summed E-state index contributed by atoms with van der Waals surface area (Å²) >= 11 is 0. The minimum atomic E-state index is -0.816. The third-order valence-electron chi connectivity index (χ3n) is 5.05. The van der Waals surface area contributed by atoms with Gasteiger partial charge in [0.15, 0.2) is 0 Å². The lowest BCUT2D eigenvalue weighted by molar-refractivity contribution is -0.143. The first kappa shape index (κ1) is 17.4. The van der Waals surface area contributed by atoms with Crippen molar-refractivity contribution in [1.29, 1.82) is 0 Å². The highest BCUT2D eigenvalue weighted by molar-refractivity contribution is 5.76. The quantitative estimate of drug-likeness (QED) is 0.925. The monoisotopic (exact) mass is 342 g/mol. The van der Waals surface area contributed by atoms with E-state index < -0.39 is 12.0 Å². The van der Waals surface area contributed by atoms with E-state index in [-0.39, 0.29) is 5.82 Å². The predicted molar refractivity (Wildman–Crippen MR) is 96.5 cm³/mol. The zero-order valence-corrected chi connectivity index (χ0v) is 14.6. The Bertz CT molecular complexity index is 753. The second-order valence-corrected chi connectivity index (χ2v) is 6.53. The number of piperazine rings is 1. The maximum atomic E-state index is 13.1. The van der Waals surface area contributed by atoms with E-state index in [1.165, 1.54) is 12.1 Å². The number of hydrogen-bond donors (Lipinski definition) is 1. The summed E-state index contributed by atoms with van der Waals surface area (Å²) in [6.07, 6.45) is 0. The lowest BCUT2D eigenvalue weighted by atomic mass is 9.96. The first-order valence-corrected chi connectivity index (χ1v) is 8.51. The Hall–Kier alpha value is -2.40. The molecule has 0 unspecified atom stereocenters. The van der Waals surface area contributed by atoms with Crippen molar-refractivity contribution in [3.8, 4) is 0 Å². The highest BCUT2D eigenvalue weighted by Crippen LogP contribution is 2.28. The fourth-order valence-corrected chi connectivity index (χ4v) is 3.45. The number of aryl methyl sites for hydroxylation is 1. The van der Waals surface area contributed by atoms with Crippen molar-refractivity contribution < 1.29 is 14.3 Å². The molecule has 0 spiro atoms. The number of benzene rings is 2. The summed E-state index contributed by atoms with van der Waals surface area (Å²) in [5.41, 5.74) is 3.98. The molecule has 5 heteroatoms. The molecule has 132 valence electrons. The fraction of sp³-hybridized carbons (Fsp3) is 0.350. The van der Waals surface area contributed by atoms with Gasteiger partial charge >= 0.3 is 5.97 Å². The molecule has 1 aliphatic heterocycles. The van der Waals surface area contributed by atoms with E-state index in [2.05, 4.69) is 4.90 Å². The Balaban J connectivity index is 1.76. The molecule has 1 saturated heterocycles. The highest BCUT2D eigenvalue weighted by atomic mass is 19.1. The molecule has 25 heavy (non-hydrogen) atoms. The molecule has 2 aromatic rings. The first-order valence-electron chi connectivity index (χ1n) is 8.51. The second-order valence-electron chi connectivity index (χ2n) is 6.53. The number of rotatable bonds is 4. The molecule has 0 aromatic heterocycles. The van der Waals surface area contributed by atoms with Gasteiger partial charge in [0.2, 0.25) is 0 Å². The number of nitrogens with zero attached hydrogens (tertiary/aromatic N) is 2. The van der Waals surface area contributed by atoms with E-state index in [0.29, 0.717) is 13.1 Å². The van der Waals surface area contributed by atoms with Crippen molar-refractivity contribution in [1.82, 2.24) is 4.90 Å². The molecule has 0 radical (unpaired) electrons. The fourth-order valence-electron chi connectivity index (χ4n) is 3.45. The maximum absolute atomic E-state index is 13.1. The van der Waals surface area contributed by atoms with E-state index in [1.807, 2.05) is 36.9 Å². The van der Waals surface area contributed by atoms with Crippen LogP contribution in [0.25, 0.3) is 0 Å². The summed E-state index contributed by atoms with van der Waals surface area (Å²) in [7, 11) is 0. The molecular weight excluding hydrogens is 319 g/mol. The van der Waals surface area contributed by atoms with E-state index in [1.54, 1.807) is 12.1 Å². The van der Waals surface area contributed by atoms with Gasteiger partial charge in [0.25, 0.3) is 0 Å². The SMILES string of the molecule is Cc1cccc([C@@H](C(=O)O)N2CCN(c3ccc(F)cc3)CC2)c1C. The van der Waals surface area contributed by atoms with Crippen molar-refractivity contribution in [2.75, 3.05) is 31.1 Å². The summed E-state index contributed by atoms with van der Waals surface area (Å²) in [6.45, 7) is 6.74. The molecule has 4 nitrogen and oxygen atoms in total. The molecular formula is C20H23FN2O2. The number of carboxylic acids is 1. The second kappa shape index (κ2) is 7.23. The number of carboxylic acid groups (broad SMARTS) is 1. The largest absolute Gasteiger partial charge is 0.480 e. The van der Waals surface area contributed by atoms with Gasteiger partial charge in [-0.2, -0.15) is 0 Å². The van der Waals surface area contributed by atoms with Crippen LogP contribution in [-0.2, 0) is 4.79 Å². The van der Waals surface area contributed by atoms with Crippen molar-refractivity contribution in [2.45, 2.75) is 19.9 Å². The van der Waals surface area contributed by atoms with Gasteiger partial charge in [0.05, 0.1) is 0 Å². The molecule has 0 bridgehead atoms. The van der Waals surface area contributed by atoms with Crippen molar-refractivity contribution in [3.05, 3.63) is 65.0 Å². The van der Waals surface area contributed by atoms with Crippen LogP contribution in [0.4, 0.5) is 10.1 Å². The van der Waals surface area contributed by atoms with Gasteiger partial charge in [-0.05, 0) is 54.8 Å². The molecule has 1 fully saturated rings. The van der Waals surface area contributed by atoms with Gasteiger partial charge in [0.1, 0.15) is 11.9 Å². The summed E-state index contributed by atoms with van der Waals surface area (Å²) in [6, 6.07) is 11.7. The van der Waals surface area contributed by atoms with E-state index in [0.717, 1.165) is 35.5 Å².